The lowest BCUT2D eigenvalue weighted by Crippen LogP contribution is -2.47. The van der Waals surface area contributed by atoms with Gasteiger partial charge in [0.25, 0.3) is 0 Å². The molecule has 3 rings (SSSR count). The smallest absolute Gasteiger partial charge is 0.306 e. The van der Waals surface area contributed by atoms with Gasteiger partial charge in [0.15, 0.2) is 25.0 Å². The average Bonchev–Trinajstić information content (AvgIpc) is 3.52. The standard InChI is InChI=1S/C45H82O5Si3/c1-15-51(16-2,17-3)48-41-33-37(34-42(35(41)10)49-52(18-4,19-5)20-6)26-27-38-25-24-31-45(14)39(28-29-40(38)45)36(11)47-43(46)30-32-44(12,13)50-53(21-7,22-8)23-9/h26-28,36,40-42H,10,15-25,29-34H2,1-9,11-14H3/t36-,40-,41+,42+,45+/m0/s1. The van der Waals surface area contributed by atoms with Crippen molar-refractivity contribution in [1.82, 2.24) is 0 Å². The number of allylic oxidation sites excluding steroid dienone is 4. The molecule has 8 heteroatoms. The van der Waals surface area contributed by atoms with Gasteiger partial charge in [0.1, 0.15) is 6.10 Å². The summed E-state index contributed by atoms with van der Waals surface area (Å²) < 4.78 is 27.4. The highest BCUT2D eigenvalue weighted by molar-refractivity contribution is 6.74. The molecule has 3 aliphatic carbocycles. The van der Waals surface area contributed by atoms with E-state index in [2.05, 4.69) is 115 Å². The Bertz CT molecular complexity index is 1240. The minimum Gasteiger partial charge on any atom is -0.458 e. The Hall–Kier alpha value is -1.04. The third-order valence-corrected chi connectivity index (χ3v) is 28.8. The number of rotatable bonds is 21. The summed E-state index contributed by atoms with van der Waals surface area (Å²) >= 11 is 0. The molecule has 0 bridgehead atoms. The van der Waals surface area contributed by atoms with E-state index >= 15 is 0 Å². The number of fused-ring (bicyclic) bond motifs is 1. The predicted molar refractivity (Wildman–Crippen MR) is 234 cm³/mol. The molecule has 0 aromatic rings. The van der Waals surface area contributed by atoms with Crippen LogP contribution in [-0.4, -0.2) is 54.8 Å². The molecule has 0 aliphatic heterocycles. The summed E-state index contributed by atoms with van der Waals surface area (Å²) in [6.45, 7) is 34.2. The Kier molecular flexibility index (Phi) is 17.4. The fourth-order valence-electron chi connectivity index (χ4n) is 10.0. The molecule has 0 aromatic carbocycles. The van der Waals surface area contributed by atoms with Gasteiger partial charge in [0.05, 0.1) is 17.8 Å². The molecule has 2 fully saturated rings. The van der Waals surface area contributed by atoms with Gasteiger partial charge in [0, 0.05) is 6.42 Å². The molecule has 0 heterocycles. The Morgan fingerprint density at radius 2 is 1.34 bits per heavy atom. The summed E-state index contributed by atoms with van der Waals surface area (Å²) in [5.41, 5.74) is 5.18. The van der Waals surface area contributed by atoms with E-state index < -0.39 is 25.0 Å². The Balaban J connectivity index is 1.78. The van der Waals surface area contributed by atoms with E-state index in [-0.39, 0.29) is 35.3 Å². The molecule has 0 saturated heterocycles. The second-order valence-corrected chi connectivity index (χ2v) is 31.8. The largest absolute Gasteiger partial charge is 0.458 e. The average molecular weight is 787 g/mol. The van der Waals surface area contributed by atoms with Crippen LogP contribution in [-0.2, 0) is 22.8 Å². The van der Waals surface area contributed by atoms with Gasteiger partial charge in [-0.15, -0.1) is 0 Å². The zero-order chi connectivity index (χ0) is 39.7. The predicted octanol–water partition coefficient (Wildman–Crippen LogP) is 13.6. The van der Waals surface area contributed by atoms with E-state index in [1.54, 1.807) is 5.57 Å². The van der Waals surface area contributed by atoms with Crippen LogP contribution >= 0.6 is 0 Å². The third kappa shape index (κ3) is 11.1. The van der Waals surface area contributed by atoms with E-state index in [1.807, 2.05) is 0 Å². The first-order valence-corrected chi connectivity index (χ1v) is 29.6. The molecule has 0 amide bonds. The maximum atomic E-state index is 13.3. The molecule has 5 nitrogen and oxygen atoms in total. The van der Waals surface area contributed by atoms with Gasteiger partial charge < -0.3 is 18.0 Å². The van der Waals surface area contributed by atoms with Crippen LogP contribution in [0.4, 0.5) is 0 Å². The molecule has 3 aliphatic rings. The van der Waals surface area contributed by atoms with Crippen molar-refractivity contribution in [2.75, 3.05) is 0 Å². The number of carbonyl (C=O) groups excluding carboxylic acids is 1. The zero-order valence-corrected chi connectivity index (χ0v) is 39.8. The van der Waals surface area contributed by atoms with Crippen molar-refractivity contribution in [2.45, 2.75) is 220 Å². The first kappa shape index (κ1) is 46.3. The lowest BCUT2D eigenvalue weighted by Gasteiger charge is -2.43. The SMILES string of the molecule is C=C1[C@H](O[Si](CC)(CC)CC)CC(=CC=C2CCC[C@]3(C)C([C@H](C)OC(=O)CCC(C)(C)O[Si](CC)(CC)CC)=CC[C@@H]23)C[C@H]1O[Si](CC)(CC)CC. The van der Waals surface area contributed by atoms with Gasteiger partial charge in [-0.1, -0.05) is 105 Å². The minimum absolute atomic E-state index is 0.0144. The van der Waals surface area contributed by atoms with Gasteiger partial charge in [-0.25, -0.2) is 0 Å². The van der Waals surface area contributed by atoms with Crippen LogP contribution in [0.5, 0.6) is 0 Å². The van der Waals surface area contributed by atoms with Crippen LogP contribution < -0.4 is 0 Å². The van der Waals surface area contributed by atoms with E-state index in [1.165, 1.54) is 16.7 Å². The zero-order valence-electron chi connectivity index (χ0n) is 36.8. The maximum Gasteiger partial charge on any atom is 0.306 e. The molecule has 0 aromatic heterocycles. The molecular formula is C45H82O5Si3. The van der Waals surface area contributed by atoms with Gasteiger partial charge in [-0.3, -0.25) is 4.79 Å². The molecule has 0 radical (unpaired) electrons. The lowest BCUT2D eigenvalue weighted by atomic mass is 9.63. The molecular weight excluding hydrogens is 705 g/mol. The van der Waals surface area contributed by atoms with Gasteiger partial charge >= 0.3 is 5.97 Å². The van der Waals surface area contributed by atoms with Crippen molar-refractivity contribution in [2.24, 2.45) is 11.3 Å². The van der Waals surface area contributed by atoms with E-state index in [0.29, 0.717) is 18.8 Å². The summed E-state index contributed by atoms with van der Waals surface area (Å²) in [6.07, 6.45) is 14.6. The van der Waals surface area contributed by atoms with Crippen molar-refractivity contribution >= 4 is 30.9 Å². The lowest BCUT2D eigenvalue weighted by molar-refractivity contribution is -0.148. The Morgan fingerprint density at radius 1 is 0.849 bits per heavy atom. The van der Waals surface area contributed by atoms with Crippen molar-refractivity contribution in [1.29, 1.82) is 0 Å². The molecule has 0 N–H and O–H groups in total. The molecule has 5 atom stereocenters. The summed E-state index contributed by atoms with van der Waals surface area (Å²) in [7, 11) is -5.41. The summed E-state index contributed by atoms with van der Waals surface area (Å²) in [6, 6.07) is 10.2. The van der Waals surface area contributed by atoms with Gasteiger partial charge in [-0.2, -0.15) is 0 Å². The molecule has 0 unspecified atom stereocenters. The van der Waals surface area contributed by atoms with Crippen molar-refractivity contribution in [3.05, 3.63) is 47.1 Å². The van der Waals surface area contributed by atoms with Crippen molar-refractivity contribution in [3.8, 4) is 0 Å². The van der Waals surface area contributed by atoms with Crippen LogP contribution in [0.1, 0.15) is 141 Å². The van der Waals surface area contributed by atoms with Crippen LogP contribution in [0.25, 0.3) is 0 Å². The minimum atomic E-state index is -1.83. The fraction of sp³-hybridized carbons (Fsp3) is 0.800. The highest BCUT2D eigenvalue weighted by Gasteiger charge is 2.47. The fourth-order valence-corrected chi connectivity index (χ4v) is 18.9. The first-order valence-electron chi connectivity index (χ1n) is 22.1. The van der Waals surface area contributed by atoms with Crippen LogP contribution in [0, 0.1) is 11.3 Å². The quantitative estimate of drug-likeness (QED) is 0.0659. The summed E-state index contributed by atoms with van der Waals surface area (Å²) in [4.78, 5) is 13.3. The Morgan fingerprint density at radius 3 is 1.81 bits per heavy atom. The molecule has 2 saturated carbocycles. The monoisotopic (exact) mass is 787 g/mol. The number of esters is 1. The van der Waals surface area contributed by atoms with Crippen LogP contribution in [0.15, 0.2) is 47.1 Å². The normalized spacial score (nSPS) is 25.7. The molecule has 304 valence electrons. The number of hydrogen-bond acceptors (Lipinski definition) is 5. The third-order valence-electron chi connectivity index (χ3n) is 14.6. The number of carbonyl (C=O) groups is 1. The van der Waals surface area contributed by atoms with Crippen molar-refractivity contribution in [3.63, 3.8) is 0 Å². The maximum absolute atomic E-state index is 13.3. The second-order valence-electron chi connectivity index (χ2n) is 17.7. The Labute approximate surface area is 330 Å². The number of hydrogen-bond donors (Lipinski definition) is 0. The second kappa shape index (κ2) is 19.9. The summed E-state index contributed by atoms with van der Waals surface area (Å²) in [5, 5.41) is 0. The van der Waals surface area contributed by atoms with E-state index in [9.17, 15) is 4.79 Å². The molecule has 53 heavy (non-hydrogen) atoms. The van der Waals surface area contributed by atoms with Crippen LogP contribution in [0.2, 0.25) is 54.4 Å². The summed E-state index contributed by atoms with van der Waals surface area (Å²) in [5.74, 6) is 0.343. The van der Waals surface area contributed by atoms with E-state index in [0.717, 1.165) is 92.9 Å². The van der Waals surface area contributed by atoms with Gasteiger partial charge in [-0.05, 0) is 143 Å². The highest BCUT2D eigenvalue weighted by Crippen LogP contribution is 2.56. The topological polar surface area (TPSA) is 54.0 Å². The van der Waals surface area contributed by atoms with Gasteiger partial charge in [0.2, 0.25) is 0 Å². The molecule has 0 spiro atoms. The number of ether oxygens (including phenoxy) is 1. The first-order chi connectivity index (χ1) is 25.0. The highest BCUT2D eigenvalue weighted by atomic mass is 28.4. The van der Waals surface area contributed by atoms with E-state index in [4.69, 9.17) is 18.0 Å². The van der Waals surface area contributed by atoms with Crippen LogP contribution in [0.3, 0.4) is 0 Å². The van der Waals surface area contributed by atoms with Crippen molar-refractivity contribution < 1.29 is 22.8 Å².